The molecule has 1 N–H and O–H groups in total. The normalized spacial score (nSPS) is 11.8. The van der Waals surface area contributed by atoms with Crippen LogP contribution in [-0.2, 0) is 11.8 Å². The van der Waals surface area contributed by atoms with E-state index in [0.717, 1.165) is 5.82 Å². The Morgan fingerprint density at radius 2 is 2.25 bits per heavy atom. The molecule has 0 aromatic carbocycles. The van der Waals surface area contributed by atoms with Crippen molar-refractivity contribution < 1.29 is 14.5 Å². The first kappa shape index (κ1) is 17.3. The van der Waals surface area contributed by atoms with Gasteiger partial charge in [0, 0.05) is 25.2 Å². The van der Waals surface area contributed by atoms with Crippen molar-refractivity contribution in [2.45, 2.75) is 19.8 Å². The maximum Gasteiger partial charge on any atom is 0.345 e. The van der Waals surface area contributed by atoms with E-state index in [1.165, 1.54) is 13.2 Å². The summed E-state index contributed by atoms with van der Waals surface area (Å²) in [4.78, 5) is 26.7. The summed E-state index contributed by atoms with van der Waals surface area (Å²) in [7, 11) is 2.99. The van der Waals surface area contributed by atoms with Gasteiger partial charge in [-0.05, 0) is 13.0 Å². The largest absolute Gasteiger partial charge is 0.465 e. The summed E-state index contributed by atoms with van der Waals surface area (Å²) in [5, 5.41) is 22.1. The van der Waals surface area contributed by atoms with E-state index in [0.29, 0.717) is 12.2 Å². The fourth-order valence-electron chi connectivity index (χ4n) is 2.32. The number of nitrogens with one attached hydrogen (secondary N) is 1. The van der Waals surface area contributed by atoms with Crippen molar-refractivity contribution in [2.75, 3.05) is 19.0 Å². The van der Waals surface area contributed by atoms with Gasteiger partial charge < -0.3 is 14.6 Å². The number of carbonyl (C=O) groups is 1. The van der Waals surface area contributed by atoms with Crippen molar-refractivity contribution in [1.29, 1.82) is 0 Å². The van der Waals surface area contributed by atoms with Crippen molar-refractivity contribution in [3.8, 4) is 0 Å². The summed E-state index contributed by atoms with van der Waals surface area (Å²) >= 11 is 0. The molecule has 0 aliphatic carbocycles. The van der Waals surface area contributed by atoms with Crippen molar-refractivity contribution >= 4 is 17.5 Å². The lowest BCUT2D eigenvalue weighted by Crippen LogP contribution is -2.17. The lowest BCUT2D eigenvalue weighted by Gasteiger charge is -2.13. The van der Waals surface area contributed by atoms with E-state index in [-0.39, 0.29) is 17.3 Å². The Morgan fingerprint density at radius 1 is 1.54 bits per heavy atom. The number of rotatable bonds is 6. The van der Waals surface area contributed by atoms with Crippen LogP contribution in [0.15, 0.2) is 12.4 Å². The number of esters is 1. The maximum atomic E-state index is 11.8. The summed E-state index contributed by atoms with van der Waals surface area (Å²) in [6.45, 7) is 3.89. The summed E-state index contributed by atoms with van der Waals surface area (Å²) < 4.78 is 6.38. The molecule has 0 fully saturated rings. The number of aryl methyl sites for hydroxylation is 2. The lowest BCUT2D eigenvalue weighted by atomic mass is 10.1. The fourth-order valence-corrected chi connectivity index (χ4v) is 2.32. The highest BCUT2D eigenvalue weighted by molar-refractivity contribution is 5.96. The second-order valence-electron chi connectivity index (χ2n) is 5.34. The third-order valence-corrected chi connectivity index (χ3v) is 3.47. The minimum absolute atomic E-state index is 0.0226. The minimum Gasteiger partial charge on any atom is -0.465 e. The third kappa shape index (κ3) is 3.47. The van der Waals surface area contributed by atoms with Crippen molar-refractivity contribution in [1.82, 2.24) is 19.7 Å². The molecule has 0 aliphatic rings. The van der Waals surface area contributed by atoms with Crippen molar-refractivity contribution in [2.24, 2.45) is 7.05 Å². The van der Waals surface area contributed by atoms with Gasteiger partial charge in [0.1, 0.15) is 17.7 Å². The molecular formula is C14H18N6O4. The van der Waals surface area contributed by atoms with Crippen LogP contribution >= 0.6 is 0 Å². The molecule has 2 aromatic heterocycles. The highest BCUT2D eigenvalue weighted by atomic mass is 16.6. The first-order valence-corrected chi connectivity index (χ1v) is 7.17. The van der Waals surface area contributed by atoms with Crippen LogP contribution in [0.5, 0.6) is 0 Å². The second-order valence-corrected chi connectivity index (χ2v) is 5.34. The molecule has 0 saturated heterocycles. The van der Waals surface area contributed by atoms with E-state index in [4.69, 9.17) is 0 Å². The number of nitrogens with zero attached hydrogens (tertiary/aromatic N) is 5. The van der Waals surface area contributed by atoms with Gasteiger partial charge in [-0.15, -0.1) is 10.2 Å². The summed E-state index contributed by atoms with van der Waals surface area (Å²) in [5.41, 5.74) is -0.0729. The molecule has 128 valence electrons. The van der Waals surface area contributed by atoms with Crippen LogP contribution in [0, 0.1) is 17.0 Å². The number of pyridine rings is 1. The molecule has 10 nitrogen and oxygen atoms in total. The summed E-state index contributed by atoms with van der Waals surface area (Å²) in [6, 6.07) is 1.33. The average molecular weight is 334 g/mol. The van der Waals surface area contributed by atoms with E-state index >= 15 is 0 Å². The Labute approximate surface area is 138 Å². The molecule has 2 rings (SSSR count). The number of hydrogen-bond donors (Lipinski definition) is 1. The third-order valence-electron chi connectivity index (χ3n) is 3.47. The van der Waals surface area contributed by atoms with E-state index in [1.807, 2.05) is 14.0 Å². The van der Waals surface area contributed by atoms with E-state index < -0.39 is 16.6 Å². The number of hydrogen-bond acceptors (Lipinski definition) is 8. The molecule has 0 radical (unpaired) electrons. The Balaban J connectivity index is 2.32. The van der Waals surface area contributed by atoms with E-state index in [1.54, 1.807) is 17.8 Å². The highest BCUT2D eigenvalue weighted by Gasteiger charge is 2.28. The molecule has 1 atom stereocenters. The first-order chi connectivity index (χ1) is 11.3. The van der Waals surface area contributed by atoms with Gasteiger partial charge in [-0.3, -0.25) is 10.1 Å². The predicted octanol–water partition coefficient (Wildman–Crippen LogP) is 1.43. The van der Waals surface area contributed by atoms with Crippen LogP contribution in [0.3, 0.4) is 0 Å². The Hall–Kier alpha value is -3.04. The van der Waals surface area contributed by atoms with Gasteiger partial charge in [0.15, 0.2) is 0 Å². The standard InChI is InChI=1S/C14H18N6O4/c1-8(13-18-16-7-19(13)3)6-15-12-11(20(22)23)10(14(21)24-4)5-9(2)17-12/h5,7-8H,6H2,1-4H3,(H,15,17)/t8-/m1/s1. The molecule has 0 bridgehead atoms. The SMILES string of the molecule is COC(=O)c1cc(C)nc(NC[C@@H](C)c2nncn2C)c1[N+](=O)[O-]. The zero-order chi connectivity index (χ0) is 17.9. The van der Waals surface area contributed by atoms with E-state index in [2.05, 4.69) is 25.2 Å². The molecule has 0 spiro atoms. The lowest BCUT2D eigenvalue weighted by molar-refractivity contribution is -0.384. The van der Waals surface area contributed by atoms with Crippen molar-refractivity contribution in [3.63, 3.8) is 0 Å². The fraction of sp³-hybridized carbons (Fsp3) is 0.429. The number of anilines is 1. The number of carbonyl (C=O) groups excluding carboxylic acids is 1. The summed E-state index contributed by atoms with van der Waals surface area (Å²) in [5.74, 6) is -0.0991. The number of ether oxygens (including phenoxy) is 1. The summed E-state index contributed by atoms with van der Waals surface area (Å²) in [6.07, 6.45) is 1.58. The number of methoxy groups -OCH3 is 1. The molecule has 2 heterocycles. The molecular weight excluding hydrogens is 316 g/mol. The van der Waals surface area contributed by atoms with Crippen LogP contribution in [0.2, 0.25) is 0 Å². The predicted molar refractivity (Wildman–Crippen MR) is 84.9 cm³/mol. The molecule has 10 heteroatoms. The monoisotopic (exact) mass is 334 g/mol. The smallest absolute Gasteiger partial charge is 0.345 e. The van der Waals surface area contributed by atoms with Crippen LogP contribution in [0.25, 0.3) is 0 Å². The number of aromatic nitrogens is 4. The van der Waals surface area contributed by atoms with Crippen LogP contribution in [-0.4, -0.2) is 44.3 Å². The molecule has 0 aliphatic heterocycles. The van der Waals surface area contributed by atoms with Gasteiger partial charge in [0.25, 0.3) is 0 Å². The highest BCUT2D eigenvalue weighted by Crippen LogP contribution is 2.29. The molecule has 0 amide bonds. The van der Waals surface area contributed by atoms with Gasteiger partial charge in [0.05, 0.1) is 12.0 Å². The Bertz CT molecular complexity index is 773. The second kappa shape index (κ2) is 7.02. The average Bonchev–Trinajstić information content (AvgIpc) is 2.96. The topological polar surface area (TPSA) is 125 Å². The van der Waals surface area contributed by atoms with Gasteiger partial charge in [-0.2, -0.15) is 0 Å². The van der Waals surface area contributed by atoms with Crippen molar-refractivity contribution in [3.05, 3.63) is 39.6 Å². The van der Waals surface area contributed by atoms with Crippen LogP contribution < -0.4 is 5.32 Å². The van der Waals surface area contributed by atoms with Gasteiger partial charge >= 0.3 is 11.7 Å². The van der Waals surface area contributed by atoms with Gasteiger partial charge in [0.2, 0.25) is 5.82 Å². The molecule has 2 aromatic rings. The maximum absolute atomic E-state index is 11.8. The zero-order valence-corrected chi connectivity index (χ0v) is 13.8. The molecule has 0 unspecified atom stereocenters. The first-order valence-electron chi connectivity index (χ1n) is 7.17. The van der Waals surface area contributed by atoms with Crippen LogP contribution in [0.4, 0.5) is 11.5 Å². The molecule has 0 saturated carbocycles. The Kier molecular flexibility index (Phi) is 5.07. The van der Waals surface area contributed by atoms with Crippen LogP contribution in [0.1, 0.15) is 34.7 Å². The van der Waals surface area contributed by atoms with Gasteiger partial charge in [-0.1, -0.05) is 6.92 Å². The Morgan fingerprint density at radius 3 is 2.79 bits per heavy atom. The zero-order valence-electron chi connectivity index (χ0n) is 13.8. The van der Waals surface area contributed by atoms with E-state index in [9.17, 15) is 14.9 Å². The molecule has 24 heavy (non-hydrogen) atoms. The number of nitro groups is 1. The minimum atomic E-state index is -0.781. The van der Waals surface area contributed by atoms with Gasteiger partial charge in [-0.25, -0.2) is 9.78 Å². The quantitative estimate of drug-likeness (QED) is 0.478.